The van der Waals surface area contributed by atoms with E-state index in [1.807, 2.05) is 13.0 Å². The zero-order chi connectivity index (χ0) is 25.7. The summed E-state index contributed by atoms with van der Waals surface area (Å²) in [5.41, 5.74) is 2.68. The molecular formula is C25H24F3N7O2. The quantitative estimate of drug-likeness (QED) is 0.432. The third-order valence-electron chi connectivity index (χ3n) is 6.74. The van der Waals surface area contributed by atoms with Crippen molar-refractivity contribution in [3.8, 4) is 11.4 Å². The van der Waals surface area contributed by atoms with Gasteiger partial charge in [0.15, 0.2) is 17.6 Å². The molecule has 9 nitrogen and oxygen atoms in total. The third-order valence-corrected chi connectivity index (χ3v) is 6.74. The Morgan fingerprint density at radius 3 is 2.78 bits per heavy atom. The van der Waals surface area contributed by atoms with Crippen molar-refractivity contribution in [1.29, 1.82) is 0 Å². The van der Waals surface area contributed by atoms with Gasteiger partial charge in [-0.25, -0.2) is 14.5 Å². The van der Waals surface area contributed by atoms with E-state index >= 15 is 0 Å². The summed E-state index contributed by atoms with van der Waals surface area (Å²) < 4.78 is 46.0. The third kappa shape index (κ3) is 4.57. The predicted molar refractivity (Wildman–Crippen MR) is 130 cm³/mol. The van der Waals surface area contributed by atoms with Crippen LogP contribution in [0.3, 0.4) is 0 Å². The first-order valence-electron chi connectivity index (χ1n) is 12.2. The van der Waals surface area contributed by atoms with E-state index in [0.29, 0.717) is 41.5 Å². The van der Waals surface area contributed by atoms with Gasteiger partial charge in [-0.3, -0.25) is 9.78 Å². The molecule has 1 aliphatic heterocycles. The Morgan fingerprint density at radius 1 is 1.19 bits per heavy atom. The maximum absolute atomic E-state index is 13.2. The minimum absolute atomic E-state index is 0.0140. The summed E-state index contributed by atoms with van der Waals surface area (Å²) in [6.07, 6.45) is 1.31. The molecule has 0 spiro atoms. The molecule has 4 aromatic rings. The van der Waals surface area contributed by atoms with Crippen LogP contribution < -0.4 is 10.2 Å². The Kier molecular flexibility index (Phi) is 5.70. The molecule has 1 saturated carbocycles. The minimum Gasteiger partial charge on any atom is -0.365 e. The molecule has 1 N–H and O–H groups in total. The average molecular weight is 512 g/mol. The smallest absolute Gasteiger partial charge is 0.365 e. The summed E-state index contributed by atoms with van der Waals surface area (Å²) in [6, 6.07) is 5.27. The van der Waals surface area contributed by atoms with E-state index in [2.05, 4.69) is 25.4 Å². The van der Waals surface area contributed by atoms with Crippen LogP contribution in [0.2, 0.25) is 0 Å². The van der Waals surface area contributed by atoms with Gasteiger partial charge >= 0.3 is 6.18 Å². The van der Waals surface area contributed by atoms with Crippen molar-refractivity contribution < 1.29 is 22.7 Å². The number of carbonyl (C=O) groups is 1. The molecule has 0 radical (unpaired) electrons. The highest BCUT2D eigenvalue weighted by Crippen LogP contribution is 2.33. The number of aromatic nitrogens is 5. The lowest BCUT2D eigenvalue weighted by Gasteiger charge is -2.35. The van der Waals surface area contributed by atoms with E-state index in [9.17, 15) is 18.0 Å². The molecule has 12 heteroatoms. The Bertz CT molecular complexity index is 1500. The molecule has 6 rings (SSSR count). The lowest BCUT2D eigenvalue weighted by molar-refractivity contribution is -0.221. The van der Waals surface area contributed by atoms with Gasteiger partial charge in [-0.15, -0.1) is 5.10 Å². The van der Waals surface area contributed by atoms with Crippen molar-refractivity contribution in [3.05, 3.63) is 42.5 Å². The second kappa shape index (κ2) is 8.94. The molecule has 1 amide bonds. The summed E-state index contributed by atoms with van der Waals surface area (Å²) in [7, 11) is 0. The molecule has 1 saturated heterocycles. The van der Waals surface area contributed by atoms with Gasteiger partial charge in [0.05, 0.1) is 25.0 Å². The van der Waals surface area contributed by atoms with Crippen LogP contribution in [0.1, 0.15) is 25.5 Å². The van der Waals surface area contributed by atoms with Gasteiger partial charge in [0.2, 0.25) is 5.91 Å². The van der Waals surface area contributed by atoms with Crippen LogP contribution in [0.25, 0.3) is 27.8 Å². The number of ether oxygens (including phenoxy) is 1. The van der Waals surface area contributed by atoms with Crippen molar-refractivity contribution >= 4 is 33.8 Å². The lowest BCUT2D eigenvalue weighted by Crippen LogP contribution is -2.49. The monoisotopic (exact) mass is 511 g/mol. The predicted octanol–water partition coefficient (Wildman–Crippen LogP) is 4.02. The first-order valence-corrected chi connectivity index (χ1v) is 12.2. The summed E-state index contributed by atoms with van der Waals surface area (Å²) in [5, 5.41) is 9.16. The molecular weight excluding hydrogens is 487 g/mol. The van der Waals surface area contributed by atoms with Crippen molar-refractivity contribution in [3.63, 3.8) is 0 Å². The number of nitrogens with zero attached hydrogens (tertiary/aromatic N) is 6. The van der Waals surface area contributed by atoms with Crippen molar-refractivity contribution in [1.82, 2.24) is 24.6 Å². The minimum atomic E-state index is -4.42. The summed E-state index contributed by atoms with van der Waals surface area (Å²) in [5.74, 6) is 0.884. The first-order chi connectivity index (χ1) is 17.8. The zero-order valence-electron chi connectivity index (χ0n) is 20.0. The Balaban J connectivity index is 1.36. The number of amides is 1. The van der Waals surface area contributed by atoms with Crippen LogP contribution in [-0.2, 0) is 16.0 Å². The highest BCUT2D eigenvalue weighted by Gasteiger charge is 2.43. The average Bonchev–Trinajstić information content (AvgIpc) is 3.66. The van der Waals surface area contributed by atoms with Gasteiger partial charge < -0.3 is 15.0 Å². The number of pyridine rings is 3. The molecule has 2 aliphatic rings. The standard InChI is InChI=1S/C25H24F3N7O2/c1-2-19-17-10-30-21(31-24(36)14-3-4-14)9-16(17)18(11-29-19)23-32-22-6-5-15(12-35(22)33-23)34-7-8-37-20(13-34)25(26,27)28/h5-6,9-12,14,20H,2-4,7-8,13H2,1H3,(H,30,31,36). The number of carbonyl (C=O) groups excluding carboxylic acids is 1. The molecule has 1 aliphatic carbocycles. The Labute approximate surface area is 209 Å². The number of fused-ring (bicyclic) bond motifs is 2. The van der Waals surface area contributed by atoms with Gasteiger partial charge in [-0.05, 0) is 37.5 Å². The fourth-order valence-electron chi connectivity index (χ4n) is 4.55. The summed E-state index contributed by atoms with van der Waals surface area (Å²) in [4.78, 5) is 27.5. The molecule has 37 heavy (non-hydrogen) atoms. The Hall–Kier alpha value is -3.80. The van der Waals surface area contributed by atoms with E-state index in [1.165, 1.54) is 0 Å². The fraction of sp³-hybridized carbons (Fsp3) is 0.400. The maximum atomic E-state index is 13.2. The van der Waals surface area contributed by atoms with E-state index in [1.54, 1.807) is 40.1 Å². The van der Waals surface area contributed by atoms with Gasteiger partial charge in [-0.1, -0.05) is 6.92 Å². The molecule has 4 aromatic heterocycles. The Morgan fingerprint density at radius 2 is 2.03 bits per heavy atom. The van der Waals surface area contributed by atoms with Crippen molar-refractivity contribution in [2.24, 2.45) is 5.92 Å². The number of rotatable bonds is 5. The van der Waals surface area contributed by atoms with E-state index in [-0.39, 0.29) is 25.0 Å². The number of halogens is 3. The van der Waals surface area contributed by atoms with Crippen molar-refractivity contribution in [2.45, 2.75) is 38.5 Å². The highest BCUT2D eigenvalue weighted by atomic mass is 19.4. The van der Waals surface area contributed by atoms with Crippen molar-refractivity contribution in [2.75, 3.05) is 29.9 Å². The van der Waals surface area contributed by atoms with Crippen LogP contribution in [-0.4, -0.2) is 62.4 Å². The number of anilines is 2. The second-order valence-electron chi connectivity index (χ2n) is 9.32. The second-order valence-corrected chi connectivity index (χ2v) is 9.32. The number of hydrogen-bond donors (Lipinski definition) is 1. The lowest BCUT2D eigenvalue weighted by atomic mass is 10.1. The largest absolute Gasteiger partial charge is 0.416 e. The van der Waals surface area contributed by atoms with Crippen LogP contribution in [0, 0.1) is 5.92 Å². The fourth-order valence-corrected chi connectivity index (χ4v) is 4.55. The van der Waals surface area contributed by atoms with Crippen LogP contribution in [0.15, 0.2) is 36.8 Å². The molecule has 1 atom stereocenters. The first kappa shape index (κ1) is 23.6. The number of alkyl halides is 3. The van der Waals surface area contributed by atoms with Gasteiger partial charge in [0, 0.05) is 46.9 Å². The highest BCUT2D eigenvalue weighted by molar-refractivity contribution is 6.00. The number of nitrogens with one attached hydrogen (secondary N) is 1. The van der Waals surface area contributed by atoms with E-state index < -0.39 is 12.3 Å². The summed E-state index contributed by atoms with van der Waals surface area (Å²) in [6.45, 7) is 2.05. The molecule has 0 bridgehead atoms. The topological polar surface area (TPSA) is 97.5 Å². The number of aryl methyl sites for hydroxylation is 1. The number of hydrogen-bond acceptors (Lipinski definition) is 7. The van der Waals surface area contributed by atoms with E-state index in [0.717, 1.165) is 29.3 Å². The van der Waals surface area contributed by atoms with Gasteiger partial charge in [0.1, 0.15) is 5.82 Å². The normalized spacial score (nSPS) is 18.5. The van der Waals surface area contributed by atoms with Crippen LogP contribution >= 0.6 is 0 Å². The molecule has 1 unspecified atom stereocenters. The maximum Gasteiger partial charge on any atom is 0.416 e. The van der Waals surface area contributed by atoms with Crippen LogP contribution in [0.4, 0.5) is 24.7 Å². The summed E-state index contributed by atoms with van der Waals surface area (Å²) >= 11 is 0. The van der Waals surface area contributed by atoms with Gasteiger partial charge in [0.25, 0.3) is 0 Å². The van der Waals surface area contributed by atoms with E-state index in [4.69, 9.17) is 4.74 Å². The van der Waals surface area contributed by atoms with Crippen LogP contribution in [0.5, 0.6) is 0 Å². The molecule has 0 aromatic carbocycles. The molecule has 2 fully saturated rings. The molecule has 192 valence electrons. The van der Waals surface area contributed by atoms with Gasteiger partial charge in [-0.2, -0.15) is 13.2 Å². The molecule has 5 heterocycles. The SMILES string of the molecule is CCc1ncc(-c2nc3ccc(N4CCOC(C(F)(F)F)C4)cn3n2)c2cc(NC(=O)C3CC3)ncc12. The number of morpholine rings is 1. The zero-order valence-corrected chi connectivity index (χ0v) is 20.0.